The van der Waals surface area contributed by atoms with E-state index in [1.165, 1.54) is 6.21 Å². The van der Waals surface area contributed by atoms with Crippen molar-refractivity contribution in [3.05, 3.63) is 0 Å². The second-order valence-electron chi connectivity index (χ2n) is 3.29. The molecule has 0 spiro atoms. The average Bonchev–Trinajstić information content (AvgIpc) is 1.99. The van der Waals surface area contributed by atoms with E-state index in [0.29, 0.717) is 6.61 Å². The standard InChI is InChI=1S/C8H14N2O2/c1-8(2,6-12-3)7(4-9)5-10-11/h5,7,11H,6H2,1-3H3. The second kappa shape index (κ2) is 4.73. The number of ether oxygens (including phenoxy) is 1. The molecule has 0 aromatic heterocycles. The molecule has 12 heavy (non-hydrogen) atoms. The number of rotatable bonds is 4. The van der Waals surface area contributed by atoms with Crippen LogP contribution in [0.3, 0.4) is 0 Å². The molecule has 1 atom stereocenters. The minimum absolute atomic E-state index is 0.324. The molecule has 0 aromatic carbocycles. The van der Waals surface area contributed by atoms with E-state index in [1.54, 1.807) is 7.11 Å². The predicted octanol–water partition coefficient (Wildman–Crippen LogP) is 1.26. The van der Waals surface area contributed by atoms with Gasteiger partial charge in [0, 0.05) is 12.5 Å². The first-order chi connectivity index (χ1) is 5.58. The number of hydrogen-bond acceptors (Lipinski definition) is 4. The molecule has 0 saturated carbocycles. The van der Waals surface area contributed by atoms with Crippen molar-refractivity contribution in [1.82, 2.24) is 0 Å². The van der Waals surface area contributed by atoms with Crippen LogP contribution in [0, 0.1) is 22.7 Å². The Morgan fingerprint density at radius 3 is 2.67 bits per heavy atom. The summed E-state index contributed by atoms with van der Waals surface area (Å²) in [6, 6.07) is 2.04. The van der Waals surface area contributed by atoms with Gasteiger partial charge in [-0.2, -0.15) is 5.26 Å². The van der Waals surface area contributed by atoms with Crippen molar-refractivity contribution in [2.24, 2.45) is 16.5 Å². The van der Waals surface area contributed by atoms with Crippen LogP contribution in [0.4, 0.5) is 0 Å². The summed E-state index contributed by atoms with van der Waals surface area (Å²) in [5, 5.41) is 19.8. The summed E-state index contributed by atoms with van der Waals surface area (Å²) in [6.07, 6.45) is 1.22. The molecule has 4 heteroatoms. The lowest BCUT2D eigenvalue weighted by Crippen LogP contribution is -2.29. The molecular weight excluding hydrogens is 156 g/mol. The molecule has 0 amide bonds. The van der Waals surface area contributed by atoms with Crippen LogP contribution in [0.5, 0.6) is 0 Å². The zero-order chi connectivity index (χ0) is 9.61. The fourth-order valence-electron chi connectivity index (χ4n) is 0.938. The average molecular weight is 170 g/mol. The first-order valence-corrected chi connectivity index (χ1v) is 3.64. The van der Waals surface area contributed by atoms with E-state index in [-0.39, 0.29) is 5.41 Å². The minimum Gasteiger partial charge on any atom is -0.411 e. The molecule has 4 nitrogen and oxygen atoms in total. The summed E-state index contributed by atoms with van der Waals surface area (Å²) in [7, 11) is 1.58. The van der Waals surface area contributed by atoms with Gasteiger partial charge >= 0.3 is 0 Å². The van der Waals surface area contributed by atoms with Crippen molar-refractivity contribution in [3.8, 4) is 6.07 Å². The Kier molecular flexibility index (Phi) is 4.30. The third-order valence-electron chi connectivity index (χ3n) is 1.71. The van der Waals surface area contributed by atoms with Gasteiger partial charge in [0.1, 0.15) is 0 Å². The van der Waals surface area contributed by atoms with Crippen LogP contribution in [0.1, 0.15) is 13.8 Å². The smallest absolute Gasteiger partial charge is 0.0921 e. The highest BCUT2D eigenvalue weighted by molar-refractivity contribution is 5.64. The van der Waals surface area contributed by atoms with Gasteiger partial charge in [-0.1, -0.05) is 13.8 Å². The summed E-state index contributed by atoms with van der Waals surface area (Å²) in [5.74, 6) is -0.428. The Bertz CT molecular complexity index is 194. The van der Waals surface area contributed by atoms with Crippen molar-refractivity contribution in [2.75, 3.05) is 13.7 Å². The number of nitriles is 1. The monoisotopic (exact) mass is 170 g/mol. The van der Waals surface area contributed by atoms with Crippen LogP contribution >= 0.6 is 0 Å². The van der Waals surface area contributed by atoms with Gasteiger partial charge in [0.2, 0.25) is 0 Å². The maximum Gasteiger partial charge on any atom is 0.0921 e. The zero-order valence-electron chi connectivity index (χ0n) is 7.61. The first kappa shape index (κ1) is 10.9. The Morgan fingerprint density at radius 1 is 1.75 bits per heavy atom. The molecule has 0 radical (unpaired) electrons. The van der Waals surface area contributed by atoms with Crippen LogP contribution in [0.15, 0.2) is 5.16 Å². The Labute approximate surface area is 72.4 Å². The normalized spacial score (nSPS) is 14.5. The molecule has 0 heterocycles. The van der Waals surface area contributed by atoms with Crippen LogP contribution < -0.4 is 0 Å². The van der Waals surface area contributed by atoms with E-state index < -0.39 is 5.92 Å². The number of oxime groups is 1. The van der Waals surface area contributed by atoms with Crippen LogP contribution in [0.2, 0.25) is 0 Å². The molecule has 0 aliphatic rings. The van der Waals surface area contributed by atoms with Crippen molar-refractivity contribution in [1.29, 1.82) is 5.26 Å². The van der Waals surface area contributed by atoms with Crippen molar-refractivity contribution in [2.45, 2.75) is 13.8 Å². The summed E-state index contributed by atoms with van der Waals surface area (Å²) in [4.78, 5) is 0. The van der Waals surface area contributed by atoms with Gasteiger partial charge in [-0.25, -0.2) is 0 Å². The molecule has 1 unspecified atom stereocenters. The Morgan fingerprint density at radius 2 is 2.33 bits per heavy atom. The van der Waals surface area contributed by atoms with Gasteiger partial charge < -0.3 is 9.94 Å². The maximum atomic E-state index is 8.71. The summed E-state index contributed by atoms with van der Waals surface area (Å²) < 4.78 is 4.94. The lowest BCUT2D eigenvalue weighted by molar-refractivity contribution is 0.0939. The lowest BCUT2D eigenvalue weighted by Gasteiger charge is -2.25. The van der Waals surface area contributed by atoms with E-state index >= 15 is 0 Å². The maximum absolute atomic E-state index is 8.71. The SMILES string of the molecule is COCC(C)(C)C(C#N)C=NO. The summed E-state index contributed by atoms with van der Waals surface area (Å²) >= 11 is 0. The predicted molar refractivity (Wildman–Crippen MR) is 45.0 cm³/mol. The topological polar surface area (TPSA) is 65.6 Å². The summed E-state index contributed by atoms with van der Waals surface area (Å²) in [6.45, 7) is 4.22. The number of nitrogens with zero attached hydrogens (tertiary/aromatic N) is 2. The van der Waals surface area contributed by atoms with Gasteiger partial charge in [-0.05, 0) is 0 Å². The third-order valence-corrected chi connectivity index (χ3v) is 1.71. The van der Waals surface area contributed by atoms with Gasteiger partial charge in [0.05, 0.1) is 24.8 Å². The molecule has 0 aromatic rings. The fraction of sp³-hybridized carbons (Fsp3) is 0.750. The highest BCUT2D eigenvalue weighted by atomic mass is 16.5. The molecule has 0 saturated heterocycles. The summed E-state index contributed by atoms with van der Waals surface area (Å²) in [5.41, 5.74) is -0.324. The minimum atomic E-state index is -0.428. The highest BCUT2D eigenvalue weighted by Gasteiger charge is 2.28. The molecule has 68 valence electrons. The molecular formula is C8H14N2O2. The van der Waals surface area contributed by atoms with E-state index in [0.717, 1.165) is 0 Å². The van der Waals surface area contributed by atoms with Crippen LogP contribution in [-0.4, -0.2) is 25.1 Å². The van der Waals surface area contributed by atoms with Crippen molar-refractivity contribution in [3.63, 3.8) is 0 Å². The molecule has 0 rings (SSSR count). The van der Waals surface area contributed by atoms with Gasteiger partial charge in [0.25, 0.3) is 0 Å². The van der Waals surface area contributed by atoms with Crippen molar-refractivity contribution < 1.29 is 9.94 Å². The van der Waals surface area contributed by atoms with Gasteiger partial charge in [-0.3, -0.25) is 0 Å². The molecule has 0 aliphatic carbocycles. The highest BCUT2D eigenvalue weighted by Crippen LogP contribution is 2.24. The Balaban J connectivity index is 4.38. The number of hydrogen-bond donors (Lipinski definition) is 1. The van der Waals surface area contributed by atoms with E-state index in [9.17, 15) is 0 Å². The third kappa shape index (κ3) is 2.89. The van der Waals surface area contributed by atoms with Crippen LogP contribution in [0.25, 0.3) is 0 Å². The van der Waals surface area contributed by atoms with Gasteiger partial charge in [-0.15, -0.1) is 5.16 Å². The van der Waals surface area contributed by atoms with Crippen molar-refractivity contribution >= 4 is 6.21 Å². The fourth-order valence-corrected chi connectivity index (χ4v) is 0.938. The lowest BCUT2D eigenvalue weighted by atomic mass is 9.81. The van der Waals surface area contributed by atoms with E-state index in [2.05, 4.69) is 5.16 Å². The number of methoxy groups -OCH3 is 1. The molecule has 0 aliphatic heterocycles. The Hall–Kier alpha value is -1.08. The first-order valence-electron chi connectivity index (χ1n) is 3.64. The van der Waals surface area contributed by atoms with E-state index in [4.69, 9.17) is 15.2 Å². The quantitative estimate of drug-likeness (QED) is 0.392. The molecule has 0 bridgehead atoms. The molecule has 1 N–H and O–H groups in total. The van der Waals surface area contributed by atoms with Gasteiger partial charge in [0.15, 0.2) is 0 Å². The van der Waals surface area contributed by atoms with Crippen LogP contribution in [-0.2, 0) is 4.74 Å². The van der Waals surface area contributed by atoms with E-state index in [1.807, 2.05) is 19.9 Å². The second-order valence-corrected chi connectivity index (χ2v) is 3.29. The molecule has 0 fully saturated rings. The zero-order valence-corrected chi connectivity index (χ0v) is 7.61. The largest absolute Gasteiger partial charge is 0.411 e.